The first-order chi connectivity index (χ1) is 11.7. The highest BCUT2D eigenvalue weighted by Crippen LogP contribution is 2.15. The number of ether oxygens (including phenoxy) is 2. The molecule has 0 amide bonds. The minimum absolute atomic E-state index is 0. The summed E-state index contributed by atoms with van der Waals surface area (Å²) >= 11 is 0. The molecule has 3 N–H and O–H groups in total. The molecule has 1 unspecified atom stereocenters. The molecule has 2 rings (SSSR count). The van der Waals surface area contributed by atoms with Crippen molar-refractivity contribution in [2.24, 2.45) is 10.7 Å². The number of nitrogens with one attached hydrogen (secondary N) is 1. The fourth-order valence-corrected chi connectivity index (χ4v) is 2.24. The Bertz CT molecular complexity index is 650. The highest BCUT2D eigenvalue weighted by Gasteiger charge is 2.02. The Morgan fingerprint density at radius 1 is 1.12 bits per heavy atom. The molecule has 0 radical (unpaired) electrons. The maximum Gasteiger partial charge on any atom is 0.189 e. The molecule has 0 heterocycles. The molecule has 6 heteroatoms. The summed E-state index contributed by atoms with van der Waals surface area (Å²) in [6.07, 6.45) is 0. The second-order valence-corrected chi connectivity index (χ2v) is 5.62. The Morgan fingerprint density at radius 2 is 1.84 bits per heavy atom. The minimum atomic E-state index is 0. The highest BCUT2D eigenvalue weighted by atomic mass is 127. The molecule has 0 aromatic heterocycles. The highest BCUT2D eigenvalue weighted by molar-refractivity contribution is 14.0. The van der Waals surface area contributed by atoms with Crippen molar-refractivity contribution in [3.8, 4) is 5.75 Å². The van der Waals surface area contributed by atoms with Crippen molar-refractivity contribution in [2.75, 3.05) is 13.7 Å². The van der Waals surface area contributed by atoms with Gasteiger partial charge in [0.25, 0.3) is 0 Å². The molecule has 0 saturated carbocycles. The van der Waals surface area contributed by atoms with Gasteiger partial charge < -0.3 is 20.5 Å². The number of hydrogen-bond donors (Lipinski definition) is 2. The number of nitrogens with two attached hydrogens (primary N) is 1. The third-order valence-electron chi connectivity index (χ3n) is 3.39. The Labute approximate surface area is 166 Å². The largest absolute Gasteiger partial charge is 0.489 e. The summed E-state index contributed by atoms with van der Waals surface area (Å²) < 4.78 is 10.9. The average Bonchev–Trinajstić information content (AvgIpc) is 2.60. The fourth-order valence-electron chi connectivity index (χ4n) is 2.24. The van der Waals surface area contributed by atoms with E-state index in [-0.39, 0.29) is 30.0 Å². The van der Waals surface area contributed by atoms with Gasteiger partial charge in [-0.3, -0.25) is 0 Å². The monoisotopic (exact) mass is 455 g/mol. The summed E-state index contributed by atoms with van der Waals surface area (Å²) in [5.41, 5.74) is 8.06. The van der Waals surface area contributed by atoms with Gasteiger partial charge in [0.2, 0.25) is 0 Å². The number of guanidine groups is 1. The quantitative estimate of drug-likeness (QED) is 0.364. The molecular formula is C19H26IN3O2. The second-order valence-electron chi connectivity index (χ2n) is 5.62. The van der Waals surface area contributed by atoms with Gasteiger partial charge >= 0.3 is 0 Å². The Kier molecular flexibility index (Phi) is 9.94. The lowest BCUT2D eigenvalue weighted by atomic mass is 10.2. The van der Waals surface area contributed by atoms with Crippen molar-refractivity contribution in [3.63, 3.8) is 0 Å². The average molecular weight is 455 g/mol. The fraction of sp³-hybridized carbons (Fsp3) is 0.316. The van der Waals surface area contributed by atoms with Gasteiger partial charge in [-0.25, -0.2) is 4.99 Å². The maximum absolute atomic E-state index is 5.88. The zero-order chi connectivity index (χ0) is 17.2. The van der Waals surface area contributed by atoms with Crippen LogP contribution in [-0.4, -0.2) is 25.7 Å². The molecule has 0 aliphatic heterocycles. The molecule has 2 aromatic carbocycles. The second kappa shape index (κ2) is 11.7. The first-order valence-electron chi connectivity index (χ1n) is 7.98. The van der Waals surface area contributed by atoms with E-state index in [9.17, 15) is 0 Å². The summed E-state index contributed by atoms with van der Waals surface area (Å²) in [4.78, 5) is 4.35. The molecule has 2 aromatic rings. The predicted octanol–water partition coefficient (Wildman–Crippen LogP) is 3.32. The van der Waals surface area contributed by atoms with Gasteiger partial charge in [-0.15, -0.1) is 24.0 Å². The number of nitrogens with zero attached hydrogens (tertiary/aromatic N) is 1. The lowest BCUT2D eigenvalue weighted by molar-refractivity contribution is 0.179. The van der Waals surface area contributed by atoms with Gasteiger partial charge in [0.1, 0.15) is 12.4 Å². The van der Waals surface area contributed by atoms with Crippen LogP contribution in [0.1, 0.15) is 18.1 Å². The van der Waals surface area contributed by atoms with E-state index < -0.39 is 0 Å². The van der Waals surface area contributed by atoms with Crippen LogP contribution in [0, 0.1) is 0 Å². The summed E-state index contributed by atoms with van der Waals surface area (Å²) in [6, 6.07) is 18.1. The molecule has 0 aliphatic carbocycles. The number of halogens is 1. The topological polar surface area (TPSA) is 68.9 Å². The van der Waals surface area contributed by atoms with Crippen LogP contribution in [0.3, 0.4) is 0 Å². The van der Waals surface area contributed by atoms with Gasteiger partial charge in [0.15, 0.2) is 5.96 Å². The first kappa shape index (κ1) is 21.2. The van der Waals surface area contributed by atoms with E-state index in [0.29, 0.717) is 25.7 Å². The molecule has 136 valence electrons. The Hall–Kier alpha value is -1.80. The van der Waals surface area contributed by atoms with Crippen LogP contribution in [-0.2, 0) is 17.9 Å². The van der Waals surface area contributed by atoms with Crippen molar-refractivity contribution in [1.29, 1.82) is 0 Å². The summed E-state index contributed by atoms with van der Waals surface area (Å²) in [5, 5.41) is 3.08. The van der Waals surface area contributed by atoms with Crippen molar-refractivity contribution in [1.82, 2.24) is 5.32 Å². The number of hydrogen-bond acceptors (Lipinski definition) is 3. The van der Waals surface area contributed by atoms with Gasteiger partial charge in [-0.2, -0.15) is 0 Å². The van der Waals surface area contributed by atoms with E-state index in [2.05, 4.69) is 10.3 Å². The van der Waals surface area contributed by atoms with Crippen molar-refractivity contribution >= 4 is 29.9 Å². The lowest BCUT2D eigenvalue weighted by Crippen LogP contribution is -2.40. The molecule has 0 aliphatic rings. The molecule has 1 atom stereocenters. The number of aliphatic imine (C=N–C) groups is 1. The van der Waals surface area contributed by atoms with E-state index in [4.69, 9.17) is 15.2 Å². The van der Waals surface area contributed by atoms with Crippen LogP contribution in [0.5, 0.6) is 5.75 Å². The van der Waals surface area contributed by atoms with Crippen LogP contribution < -0.4 is 15.8 Å². The van der Waals surface area contributed by atoms with E-state index in [0.717, 1.165) is 16.9 Å². The molecule has 0 saturated heterocycles. The predicted molar refractivity (Wildman–Crippen MR) is 112 cm³/mol. The molecule has 0 bridgehead atoms. The standard InChI is InChI=1S/C19H25N3O2.HI/c1-15(13-23-2)22-19(20)21-12-17-9-6-10-18(11-17)24-14-16-7-4-3-5-8-16;/h3-11,15H,12-14H2,1-2H3,(H3,20,21,22);1H. The molecule has 5 nitrogen and oxygen atoms in total. The zero-order valence-corrected chi connectivity index (χ0v) is 17.0. The third kappa shape index (κ3) is 8.22. The van der Waals surface area contributed by atoms with Crippen LogP contribution >= 0.6 is 24.0 Å². The van der Waals surface area contributed by atoms with Crippen molar-refractivity contribution in [3.05, 3.63) is 65.7 Å². The summed E-state index contributed by atoms with van der Waals surface area (Å²) in [5.74, 6) is 1.24. The summed E-state index contributed by atoms with van der Waals surface area (Å²) in [6.45, 7) is 3.62. The van der Waals surface area contributed by atoms with Crippen LogP contribution in [0.25, 0.3) is 0 Å². The van der Waals surface area contributed by atoms with Crippen LogP contribution in [0.15, 0.2) is 59.6 Å². The van der Waals surface area contributed by atoms with E-state index in [1.165, 1.54) is 0 Å². The van der Waals surface area contributed by atoms with Crippen molar-refractivity contribution in [2.45, 2.75) is 26.1 Å². The van der Waals surface area contributed by atoms with Crippen LogP contribution in [0.4, 0.5) is 0 Å². The molecule has 0 fully saturated rings. The number of benzene rings is 2. The lowest BCUT2D eigenvalue weighted by Gasteiger charge is -2.13. The first-order valence-corrected chi connectivity index (χ1v) is 7.98. The van der Waals surface area contributed by atoms with E-state index in [1.807, 2.05) is 61.5 Å². The summed E-state index contributed by atoms with van der Waals surface area (Å²) in [7, 11) is 1.66. The smallest absolute Gasteiger partial charge is 0.189 e. The number of rotatable bonds is 8. The van der Waals surface area contributed by atoms with Crippen molar-refractivity contribution < 1.29 is 9.47 Å². The normalized spacial score (nSPS) is 12.2. The maximum atomic E-state index is 5.88. The molecular weight excluding hydrogens is 429 g/mol. The van der Waals surface area contributed by atoms with Gasteiger partial charge in [-0.05, 0) is 30.2 Å². The van der Waals surface area contributed by atoms with Gasteiger partial charge in [-0.1, -0.05) is 42.5 Å². The van der Waals surface area contributed by atoms with Gasteiger partial charge in [0.05, 0.1) is 13.2 Å². The molecule has 0 spiro atoms. The Balaban J connectivity index is 0.00000312. The van der Waals surface area contributed by atoms with E-state index >= 15 is 0 Å². The minimum Gasteiger partial charge on any atom is -0.489 e. The Morgan fingerprint density at radius 3 is 2.56 bits per heavy atom. The number of methoxy groups -OCH3 is 1. The van der Waals surface area contributed by atoms with E-state index in [1.54, 1.807) is 7.11 Å². The molecule has 25 heavy (non-hydrogen) atoms. The zero-order valence-electron chi connectivity index (χ0n) is 14.6. The van der Waals surface area contributed by atoms with Gasteiger partial charge in [0, 0.05) is 13.2 Å². The third-order valence-corrected chi connectivity index (χ3v) is 3.39. The SMILES string of the molecule is COCC(C)NC(N)=NCc1cccc(OCc2ccccc2)c1.I. The van der Waals surface area contributed by atoms with Crippen LogP contribution in [0.2, 0.25) is 0 Å².